The van der Waals surface area contributed by atoms with Gasteiger partial charge in [0.15, 0.2) is 0 Å². The largest absolute Gasteiger partial charge is 0.383 e. The monoisotopic (exact) mass is 291 g/mol. The molecule has 0 aromatic carbocycles. The number of nitrogens with zero attached hydrogens (tertiary/aromatic N) is 4. The molecule has 0 aliphatic carbocycles. The fraction of sp³-hybridized carbons (Fsp3) is 0.750. The summed E-state index contributed by atoms with van der Waals surface area (Å²) in [5.74, 6) is 2.46. The molecule has 0 unspecified atom stereocenters. The minimum atomic E-state index is -0.0827. The Labute approximate surface area is 128 Å². The summed E-state index contributed by atoms with van der Waals surface area (Å²) in [5.41, 5.74) is 7.04. The first kappa shape index (κ1) is 16.0. The van der Waals surface area contributed by atoms with Crippen LogP contribution in [-0.2, 0) is 5.41 Å². The van der Waals surface area contributed by atoms with Gasteiger partial charge in [-0.15, -0.1) is 0 Å². The third-order valence-electron chi connectivity index (χ3n) is 4.04. The lowest BCUT2D eigenvalue weighted by Gasteiger charge is -2.36. The zero-order valence-corrected chi connectivity index (χ0v) is 14.1. The maximum Gasteiger partial charge on any atom is 0.138 e. The first-order valence-corrected chi connectivity index (χ1v) is 7.94. The number of rotatable bonds is 3. The molecule has 5 nitrogen and oxygen atoms in total. The van der Waals surface area contributed by atoms with Gasteiger partial charge in [-0.3, -0.25) is 4.90 Å². The van der Waals surface area contributed by atoms with Crippen molar-refractivity contribution in [2.75, 3.05) is 43.4 Å². The average molecular weight is 291 g/mol. The Morgan fingerprint density at radius 3 is 2.24 bits per heavy atom. The molecule has 0 bridgehead atoms. The van der Waals surface area contributed by atoms with Crippen molar-refractivity contribution in [3.05, 3.63) is 11.4 Å². The highest BCUT2D eigenvalue weighted by atomic mass is 15.3. The van der Waals surface area contributed by atoms with Gasteiger partial charge in [-0.1, -0.05) is 27.7 Å². The van der Waals surface area contributed by atoms with Gasteiger partial charge in [-0.05, 0) is 19.9 Å². The van der Waals surface area contributed by atoms with Crippen molar-refractivity contribution in [2.45, 2.75) is 46.5 Å². The summed E-state index contributed by atoms with van der Waals surface area (Å²) in [6.07, 6.45) is 1.22. The minimum Gasteiger partial charge on any atom is -0.383 e. The van der Waals surface area contributed by atoms with Gasteiger partial charge < -0.3 is 10.6 Å². The van der Waals surface area contributed by atoms with Crippen LogP contribution in [0.25, 0.3) is 0 Å². The van der Waals surface area contributed by atoms with E-state index in [9.17, 15) is 0 Å². The lowest BCUT2D eigenvalue weighted by Crippen LogP contribution is -2.47. The first-order chi connectivity index (χ1) is 9.82. The number of nitrogen functional groups attached to an aromatic ring is 1. The van der Waals surface area contributed by atoms with Crippen LogP contribution in [0.2, 0.25) is 0 Å². The molecule has 0 spiro atoms. The molecule has 0 atom stereocenters. The Balaban J connectivity index is 2.22. The Morgan fingerprint density at radius 1 is 1.10 bits per heavy atom. The summed E-state index contributed by atoms with van der Waals surface area (Å²) in [6.45, 7) is 16.0. The van der Waals surface area contributed by atoms with Crippen molar-refractivity contribution in [1.82, 2.24) is 14.9 Å². The molecule has 0 radical (unpaired) electrons. The van der Waals surface area contributed by atoms with Gasteiger partial charge in [0, 0.05) is 37.2 Å². The minimum absolute atomic E-state index is 0.0827. The molecule has 1 saturated heterocycles. The van der Waals surface area contributed by atoms with Crippen molar-refractivity contribution in [2.24, 2.45) is 0 Å². The summed E-state index contributed by atoms with van der Waals surface area (Å²) >= 11 is 0. The lowest BCUT2D eigenvalue weighted by atomic mass is 9.95. The summed E-state index contributed by atoms with van der Waals surface area (Å²) in [6, 6.07) is 0. The van der Waals surface area contributed by atoms with Crippen molar-refractivity contribution in [3.63, 3.8) is 0 Å². The van der Waals surface area contributed by atoms with E-state index in [-0.39, 0.29) is 5.41 Å². The lowest BCUT2D eigenvalue weighted by molar-refractivity contribution is 0.257. The number of aromatic nitrogens is 2. The van der Waals surface area contributed by atoms with E-state index in [2.05, 4.69) is 42.5 Å². The highest BCUT2D eigenvalue weighted by Crippen LogP contribution is 2.27. The molecule has 1 aromatic heterocycles. The first-order valence-electron chi connectivity index (χ1n) is 7.94. The van der Waals surface area contributed by atoms with Gasteiger partial charge in [-0.25, -0.2) is 9.97 Å². The number of nitrogens with two attached hydrogens (primary N) is 1. The van der Waals surface area contributed by atoms with Crippen LogP contribution in [0.3, 0.4) is 0 Å². The van der Waals surface area contributed by atoms with E-state index < -0.39 is 0 Å². The molecule has 2 N–H and O–H groups in total. The van der Waals surface area contributed by atoms with Crippen LogP contribution < -0.4 is 10.6 Å². The van der Waals surface area contributed by atoms with Crippen LogP contribution in [-0.4, -0.2) is 47.6 Å². The average Bonchev–Trinajstić information content (AvgIpc) is 2.42. The molecular weight excluding hydrogens is 262 g/mol. The maximum atomic E-state index is 6.11. The molecule has 0 saturated carbocycles. The molecular formula is C16H29N5. The van der Waals surface area contributed by atoms with Crippen LogP contribution in [0.1, 0.15) is 45.5 Å². The van der Waals surface area contributed by atoms with Gasteiger partial charge >= 0.3 is 0 Å². The number of hydrogen-bond donors (Lipinski definition) is 1. The van der Waals surface area contributed by atoms with Crippen molar-refractivity contribution < 1.29 is 0 Å². The van der Waals surface area contributed by atoms with Gasteiger partial charge in [0.1, 0.15) is 17.5 Å². The number of hydrogen-bond acceptors (Lipinski definition) is 5. The zero-order valence-electron chi connectivity index (χ0n) is 14.1. The molecule has 21 heavy (non-hydrogen) atoms. The fourth-order valence-corrected chi connectivity index (χ4v) is 2.66. The van der Waals surface area contributed by atoms with Crippen LogP contribution in [0.4, 0.5) is 11.6 Å². The Kier molecular flexibility index (Phi) is 4.71. The standard InChI is InChI=1S/C16H29N5/c1-6-7-20-8-10-21(11-9-20)14-12(2)13(17)18-15(19-14)16(3,4)5/h6-11H2,1-5H3,(H2,17,18,19). The Morgan fingerprint density at radius 2 is 1.71 bits per heavy atom. The van der Waals surface area contributed by atoms with E-state index >= 15 is 0 Å². The molecule has 118 valence electrons. The van der Waals surface area contributed by atoms with Crippen LogP contribution >= 0.6 is 0 Å². The Hall–Kier alpha value is -1.36. The van der Waals surface area contributed by atoms with Crippen LogP contribution in [0.15, 0.2) is 0 Å². The van der Waals surface area contributed by atoms with E-state index in [1.165, 1.54) is 13.0 Å². The summed E-state index contributed by atoms with van der Waals surface area (Å²) in [7, 11) is 0. The second-order valence-corrected chi connectivity index (χ2v) is 6.96. The molecule has 2 rings (SSSR count). The zero-order chi connectivity index (χ0) is 15.6. The second kappa shape index (κ2) is 6.18. The highest BCUT2D eigenvalue weighted by Gasteiger charge is 2.24. The van der Waals surface area contributed by atoms with Gasteiger partial charge in [0.05, 0.1) is 0 Å². The normalized spacial score (nSPS) is 17.3. The van der Waals surface area contributed by atoms with E-state index in [0.29, 0.717) is 5.82 Å². The van der Waals surface area contributed by atoms with E-state index in [0.717, 1.165) is 43.4 Å². The molecule has 0 amide bonds. The van der Waals surface area contributed by atoms with Gasteiger partial charge in [-0.2, -0.15) is 0 Å². The summed E-state index contributed by atoms with van der Waals surface area (Å²) < 4.78 is 0. The SMILES string of the molecule is CCCN1CCN(c2nc(C(C)(C)C)nc(N)c2C)CC1. The van der Waals surface area contributed by atoms with Crippen LogP contribution in [0.5, 0.6) is 0 Å². The molecule has 1 aromatic rings. The number of anilines is 2. The third kappa shape index (κ3) is 3.64. The van der Waals surface area contributed by atoms with Crippen molar-refractivity contribution in [3.8, 4) is 0 Å². The van der Waals surface area contributed by atoms with E-state index in [1.54, 1.807) is 0 Å². The summed E-state index contributed by atoms with van der Waals surface area (Å²) in [4.78, 5) is 14.2. The topological polar surface area (TPSA) is 58.3 Å². The third-order valence-corrected chi connectivity index (χ3v) is 4.04. The van der Waals surface area contributed by atoms with Gasteiger partial charge in [0.25, 0.3) is 0 Å². The van der Waals surface area contributed by atoms with Crippen LogP contribution in [0, 0.1) is 6.92 Å². The predicted molar refractivity (Wildman–Crippen MR) is 88.8 cm³/mol. The molecule has 5 heteroatoms. The molecule has 1 aliphatic rings. The number of piperazine rings is 1. The maximum absolute atomic E-state index is 6.11. The predicted octanol–water partition coefficient (Wildman–Crippen LogP) is 2.20. The van der Waals surface area contributed by atoms with Crippen molar-refractivity contribution in [1.29, 1.82) is 0 Å². The second-order valence-electron chi connectivity index (χ2n) is 6.96. The molecule has 1 aliphatic heterocycles. The summed E-state index contributed by atoms with van der Waals surface area (Å²) in [5, 5.41) is 0. The fourth-order valence-electron chi connectivity index (χ4n) is 2.66. The molecule has 2 heterocycles. The molecule has 1 fully saturated rings. The van der Waals surface area contributed by atoms with Crippen molar-refractivity contribution >= 4 is 11.6 Å². The van der Waals surface area contributed by atoms with Gasteiger partial charge in [0.2, 0.25) is 0 Å². The Bertz CT molecular complexity index is 484. The quantitative estimate of drug-likeness (QED) is 0.925. The smallest absolute Gasteiger partial charge is 0.138 e. The van der Waals surface area contributed by atoms with E-state index in [1.807, 2.05) is 6.92 Å². The highest BCUT2D eigenvalue weighted by molar-refractivity contribution is 5.57. The van der Waals surface area contributed by atoms with E-state index in [4.69, 9.17) is 10.7 Å².